The van der Waals surface area contributed by atoms with Gasteiger partial charge in [0.25, 0.3) is 5.91 Å². The number of amides is 1. The van der Waals surface area contributed by atoms with Gasteiger partial charge >= 0.3 is 0 Å². The van der Waals surface area contributed by atoms with E-state index in [1.165, 1.54) is 11.8 Å². The molecule has 5 rings (SSSR count). The van der Waals surface area contributed by atoms with Crippen LogP contribution in [0.3, 0.4) is 0 Å². The van der Waals surface area contributed by atoms with Crippen LogP contribution in [0.1, 0.15) is 22.5 Å². The normalized spacial score (nSPS) is 16.8. The van der Waals surface area contributed by atoms with Crippen LogP contribution in [0.25, 0.3) is 17.5 Å². The maximum Gasteiger partial charge on any atom is 0.283 e. The molecule has 0 saturated carbocycles. The Hall–Kier alpha value is -3.06. The first-order valence-corrected chi connectivity index (χ1v) is 11.8. The van der Waals surface area contributed by atoms with Gasteiger partial charge in [0.05, 0.1) is 11.3 Å². The predicted molar refractivity (Wildman–Crippen MR) is 137 cm³/mol. The second kappa shape index (κ2) is 8.37. The number of carbonyl (C=O) groups is 1. The van der Waals surface area contributed by atoms with Crippen molar-refractivity contribution in [1.82, 2.24) is 9.47 Å². The van der Waals surface area contributed by atoms with Crippen LogP contribution in [0.15, 0.2) is 70.6 Å². The fraction of sp³-hybridized carbons (Fsp3) is 0.0800. The molecule has 0 fully saturated rings. The zero-order valence-corrected chi connectivity index (χ0v) is 20.1. The lowest BCUT2D eigenvalue weighted by Gasteiger charge is -2.26. The van der Waals surface area contributed by atoms with E-state index >= 15 is 0 Å². The number of rotatable bonds is 3. The Bertz CT molecular complexity index is 1400. The Balaban J connectivity index is 1.56. The van der Waals surface area contributed by atoms with E-state index in [0.29, 0.717) is 15.2 Å². The standard InChI is InChI=1S/C25H18Cl2N4OS/c1-14-8-17(15(2)30(14)20-11-18(26)10-19(27)12-20)9-21-23(28)31-22(16-6-4-3-5-7-16)13-33-25(31)29-24(21)32/h3-13,28H,1-2H3/b21-9-,28-23?. The Morgan fingerprint density at radius 3 is 2.42 bits per heavy atom. The van der Waals surface area contributed by atoms with Crippen molar-refractivity contribution in [2.75, 3.05) is 0 Å². The molecule has 1 N–H and O–H groups in total. The fourth-order valence-corrected chi connectivity index (χ4v) is 5.47. The van der Waals surface area contributed by atoms with Crippen molar-refractivity contribution in [3.05, 3.63) is 98.1 Å². The second-order valence-electron chi connectivity index (χ2n) is 7.72. The number of aromatic nitrogens is 1. The molecule has 0 spiro atoms. The summed E-state index contributed by atoms with van der Waals surface area (Å²) in [7, 11) is 0. The molecular formula is C25H18Cl2N4OS. The van der Waals surface area contributed by atoms with Gasteiger partial charge in [0.1, 0.15) is 5.84 Å². The van der Waals surface area contributed by atoms with Gasteiger partial charge in [-0.1, -0.05) is 65.3 Å². The van der Waals surface area contributed by atoms with Gasteiger partial charge in [-0.3, -0.25) is 15.1 Å². The van der Waals surface area contributed by atoms with Gasteiger partial charge in [0, 0.05) is 32.5 Å². The summed E-state index contributed by atoms with van der Waals surface area (Å²) in [4.78, 5) is 18.8. The van der Waals surface area contributed by atoms with Crippen molar-refractivity contribution in [2.45, 2.75) is 13.8 Å². The fourth-order valence-electron chi connectivity index (χ4n) is 4.07. The third kappa shape index (κ3) is 3.84. The lowest BCUT2D eigenvalue weighted by molar-refractivity contribution is -0.114. The van der Waals surface area contributed by atoms with Crippen LogP contribution in [-0.2, 0) is 4.79 Å². The van der Waals surface area contributed by atoms with Gasteiger partial charge in [0.2, 0.25) is 0 Å². The van der Waals surface area contributed by atoms with Crippen molar-refractivity contribution < 1.29 is 4.79 Å². The average Bonchev–Trinajstić information content (AvgIpc) is 3.31. The molecule has 164 valence electrons. The quantitative estimate of drug-likeness (QED) is 0.413. The van der Waals surface area contributed by atoms with Crippen LogP contribution in [0.5, 0.6) is 0 Å². The summed E-state index contributed by atoms with van der Waals surface area (Å²) < 4.78 is 2.02. The van der Waals surface area contributed by atoms with Gasteiger partial charge in [-0.2, -0.15) is 4.99 Å². The van der Waals surface area contributed by atoms with Gasteiger partial charge in [-0.15, -0.1) is 0 Å². The smallest absolute Gasteiger partial charge is 0.283 e. The van der Waals surface area contributed by atoms with Crippen molar-refractivity contribution >= 4 is 63.6 Å². The van der Waals surface area contributed by atoms with Gasteiger partial charge in [-0.25, -0.2) is 0 Å². The number of aryl methyl sites for hydroxylation is 1. The second-order valence-corrected chi connectivity index (χ2v) is 9.43. The summed E-state index contributed by atoms with van der Waals surface area (Å²) in [6.07, 6.45) is 1.74. The molecule has 1 amide bonds. The Morgan fingerprint density at radius 1 is 1.03 bits per heavy atom. The summed E-state index contributed by atoms with van der Waals surface area (Å²) in [5.74, 6) is -0.308. The average molecular weight is 493 g/mol. The number of amidine groups is 2. The zero-order chi connectivity index (χ0) is 23.3. The van der Waals surface area contributed by atoms with Crippen LogP contribution >= 0.6 is 35.0 Å². The zero-order valence-electron chi connectivity index (χ0n) is 17.8. The molecule has 2 aromatic carbocycles. The molecule has 3 aromatic rings. The van der Waals surface area contributed by atoms with E-state index < -0.39 is 5.91 Å². The molecule has 0 aliphatic carbocycles. The minimum atomic E-state index is -0.419. The highest BCUT2D eigenvalue weighted by molar-refractivity contribution is 8.17. The minimum Gasteiger partial charge on any atom is -0.318 e. The number of nitrogens with one attached hydrogen (secondary N) is 1. The number of fused-ring (bicyclic) bond motifs is 1. The van der Waals surface area contributed by atoms with Gasteiger partial charge in [0.15, 0.2) is 5.17 Å². The van der Waals surface area contributed by atoms with Gasteiger partial charge in [-0.05, 0) is 55.3 Å². The van der Waals surface area contributed by atoms with Crippen molar-refractivity contribution in [3.63, 3.8) is 0 Å². The number of carbonyl (C=O) groups excluding carboxylic acids is 1. The molecule has 5 nitrogen and oxygen atoms in total. The highest BCUT2D eigenvalue weighted by Gasteiger charge is 2.36. The van der Waals surface area contributed by atoms with Crippen LogP contribution < -0.4 is 0 Å². The molecule has 0 bridgehead atoms. The molecule has 2 aliphatic heterocycles. The molecule has 2 aliphatic rings. The maximum atomic E-state index is 12.9. The van der Waals surface area contributed by atoms with E-state index in [4.69, 9.17) is 28.6 Å². The number of nitrogens with zero attached hydrogens (tertiary/aromatic N) is 3. The lowest BCUT2D eigenvalue weighted by Crippen LogP contribution is -2.38. The first-order valence-electron chi connectivity index (χ1n) is 10.1. The number of halogens is 2. The molecule has 8 heteroatoms. The maximum absolute atomic E-state index is 12.9. The highest BCUT2D eigenvalue weighted by Crippen LogP contribution is 2.37. The lowest BCUT2D eigenvalue weighted by atomic mass is 10.1. The van der Waals surface area contributed by atoms with Crippen molar-refractivity contribution in [1.29, 1.82) is 5.41 Å². The minimum absolute atomic E-state index is 0.112. The molecule has 0 radical (unpaired) electrons. The molecule has 0 unspecified atom stereocenters. The largest absolute Gasteiger partial charge is 0.318 e. The highest BCUT2D eigenvalue weighted by atomic mass is 35.5. The summed E-state index contributed by atoms with van der Waals surface area (Å²) in [6.45, 7) is 3.93. The Morgan fingerprint density at radius 2 is 1.73 bits per heavy atom. The summed E-state index contributed by atoms with van der Waals surface area (Å²) in [6, 6.07) is 17.1. The van der Waals surface area contributed by atoms with E-state index in [1.807, 2.05) is 72.4 Å². The summed E-state index contributed by atoms with van der Waals surface area (Å²) in [5, 5.41) is 12.4. The first-order chi connectivity index (χ1) is 15.8. The van der Waals surface area contributed by atoms with E-state index in [0.717, 1.165) is 33.9 Å². The number of aliphatic imine (C=N–C) groups is 1. The van der Waals surface area contributed by atoms with Crippen LogP contribution in [0.4, 0.5) is 0 Å². The number of thioether (sulfide) groups is 1. The van der Waals surface area contributed by atoms with E-state index in [-0.39, 0.29) is 11.4 Å². The molecule has 0 saturated heterocycles. The van der Waals surface area contributed by atoms with Crippen LogP contribution in [0.2, 0.25) is 10.0 Å². The third-order valence-electron chi connectivity index (χ3n) is 5.56. The first kappa shape index (κ1) is 21.8. The molecule has 1 aromatic heterocycles. The van der Waals surface area contributed by atoms with Gasteiger partial charge < -0.3 is 4.57 Å². The molecular weight excluding hydrogens is 475 g/mol. The SMILES string of the molecule is Cc1cc(/C=C2/C(=N)N3C(c4ccccc4)=CSC3=NC2=O)c(C)n1-c1cc(Cl)cc(Cl)c1. The monoisotopic (exact) mass is 492 g/mol. The number of hydrogen-bond acceptors (Lipinski definition) is 3. The summed E-state index contributed by atoms with van der Waals surface area (Å²) >= 11 is 13.8. The molecule has 33 heavy (non-hydrogen) atoms. The van der Waals surface area contributed by atoms with E-state index in [2.05, 4.69) is 4.99 Å². The predicted octanol–water partition coefficient (Wildman–Crippen LogP) is 6.71. The Kier molecular flexibility index (Phi) is 5.52. The molecule has 3 heterocycles. The summed E-state index contributed by atoms with van der Waals surface area (Å²) in [5.41, 5.74) is 5.57. The Labute approximate surface area is 205 Å². The topological polar surface area (TPSA) is 61.5 Å². The van der Waals surface area contributed by atoms with Crippen molar-refractivity contribution in [2.24, 2.45) is 4.99 Å². The van der Waals surface area contributed by atoms with Crippen LogP contribution in [-0.4, -0.2) is 26.4 Å². The number of benzene rings is 2. The van der Waals surface area contributed by atoms with E-state index in [9.17, 15) is 4.79 Å². The third-order valence-corrected chi connectivity index (χ3v) is 6.82. The van der Waals surface area contributed by atoms with Crippen molar-refractivity contribution in [3.8, 4) is 5.69 Å². The number of hydrogen-bond donors (Lipinski definition) is 1. The van der Waals surface area contributed by atoms with E-state index in [1.54, 1.807) is 17.0 Å². The molecule has 0 atom stereocenters. The van der Waals surface area contributed by atoms with Crippen LogP contribution in [0, 0.1) is 19.3 Å².